The van der Waals surface area contributed by atoms with Crippen molar-refractivity contribution in [2.24, 2.45) is 0 Å². The van der Waals surface area contributed by atoms with Gasteiger partial charge in [0.1, 0.15) is 0 Å². The van der Waals surface area contributed by atoms with Gasteiger partial charge >= 0.3 is 0 Å². The summed E-state index contributed by atoms with van der Waals surface area (Å²) in [7, 11) is 0. The highest BCUT2D eigenvalue weighted by atomic mass is 14.4. The number of hydrogen-bond acceptors (Lipinski definition) is 1. The van der Waals surface area contributed by atoms with Crippen LogP contribution in [0.2, 0.25) is 0 Å². The fourth-order valence-electron chi connectivity index (χ4n) is 1.12. The monoisotopic (exact) mass is 167 g/mol. The van der Waals surface area contributed by atoms with Crippen LogP contribution >= 0.6 is 0 Å². The van der Waals surface area contributed by atoms with Crippen molar-refractivity contribution in [1.82, 2.24) is 0 Å². The van der Waals surface area contributed by atoms with Crippen molar-refractivity contribution in [3.8, 4) is 0 Å². The Hall–Kier alpha value is -0.590. The predicted octanol–water partition coefficient (Wildman–Crippen LogP) is 3.94. The van der Waals surface area contributed by atoms with E-state index in [9.17, 15) is 0 Å². The summed E-state index contributed by atoms with van der Waals surface area (Å²) in [5.74, 6) is 0. The number of allylic oxidation sites excluding steroid dienone is 2. The van der Waals surface area contributed by atoms with Crippen LogP contribution < -0.4 is 0 Å². The largest absolute Gasteiger partial charge is 0.309 e. The molecule has 0 heterocycles. The second-order valence-corrected chi connectivity index (χ2v) is 3.37. The van der Waals surface area contributed by atoms with Gasteiger partial charge in [0.05, 0.1) is 0 Å². The van der Waals surface area contributed by atoms with Crippen molar-refractivity contribution >= 4 is 5.71 Å². The summed E-state index contributed by atoms with van der Waals surface area (Å²) in [5.41, 5.74) is 2.20. The van der Waals surface area contributed by atoms with Crippen LogP contribution in [-0.2, 0) is 0 Å². The lowest BCUT2D eigenvalue weighted by molar-refractivity contribution is 0.737. The highest BCUT2D eigenvalue weighted by Gasteiger charge is 1.97. The minimum atomic E-state index is 0.875. The molecule has 0 atom stereocenters. The third-order valence-corrected chi connectivity index (χ3v) is 2.07. The fraction of sp³-hybridized carbons (Fsp3) is 0.727. The molecule has 1 nitrogen and oxygen atoms in total. The molecule has 70 valence electrons. The highest BCUT2D eigenvalue weighted by molar-refractivity contribution is 5.83. The highest BCUT2D eigenvalue weighted by Crippen LogP contribution is 2.07. The molecule has 12 heavy (non-hydrogen) atoms. The molecule has 0 aromatic heterocycles. The predicted molar refractivity (Wildman–Crippen MR) is 55.9 cm³/mol. The molecule has 0 aromatic rings. The fourth-order valence-corrected chi connectivity index (χ4v) is 1.12. The Bertz CT molecular complexity index is 156. The molecule has 0 bridgehead atoms. The molecule has 0 unspecified atom stereocenters. The Morgan fingerprint density at radius 3 is 2.50 bits per heavy atom. The minimum absolute atomic E-state index is 0.875. The van der Waals surface area contributed by atoms with Crippen LogP contribution in [0.15, 0.2) is 11.6 Å². The summed E-state index contributed by atoms with van der Waals surface area (Å²) in [4.78, 5) is 0. The average molecular weight is 167 g/mol. The molecule has 0 amide bonds. The van der Waals surface area contributed by atoms with E-state index in [1.807, 2.05) is 6.92 Å². The molecule has 0 saturated carbocycles. The molecule has 0 aliphatic heterocycles. The molecule has 0 spiro atoms. The Labute approximate surface area is 76.4 Å². The van der Waals surface area contributed by atoms with E-state index in [1.165, 1.54) is 24.8 Å². The zero-order valence-corrected chi connectivity index (χ0v) is 8.61. The zero-order valence-electron chi connectivity index (χ0n) is 8.61. The van der Waals surface area contributed by atoms with Crippen LogP contribution in [0.3, 0.4) is 0 Å². The number of hydrogen-bond donors (Lipinski definition) is 1. The van der Waals surface area contributed by atoms with Gasteiger partial charge in [0.15, 0.2) is 0 Å². The maximum atomic E-state index is 7.66. The molecule has 0 saturated heterocycles. The maximum Gasteiger partial charge on any atom is 0.0129 e. The third-order valence-electron chi connectivity index (χ3n) is 2.07. The molecule has 0 rings (SSSR count). The van der Waals surface area contributed by atoms with Crippen LogP contribution in [0.1, 0.15) is 52.9 Å². The lowest BCUT2D eigenvalue weighted by Gasteiger charge is -2.02. The maximum absolute atomic E-state index is 7.66. The molecule has 1 N–H and O–H groups in total. The number of unbranched alkanes of at least 4 members (excludes halogenated alkanes) is 2. The molecule has 1 heteroatoms. The van der Waals surface area contributed by atoms with E-state index in [2.05, 4.69) is 19.9 Å². The van der Waals surface area contributed by atoms with Gasteiger partial charge in [0.25, 0.3) is 0 Å². The zero-order chi connectivity index (χ0) is 9.40. The van der Waals surface area contributed by atoms with Crippen LogP contribution in [0.25, 0.3) is 0 Å². The second-order valence-electron chi connectivity index (χ2n) is 3.37. The van der Waals surface area contributed by atoms with Gasteiger partial charge in [-0.3, -0.25) is 0 Å². The van der Waals surface area contributed by atoms with Gasteiger partial charge in [0.2, 0.25) is 0 Å². The van der Waals surface area contributed by atoms with Crippen molar-refractivity contribution in [3.63, 3.8) is 0 Å². The Morgan fingerprint density at radius 1 is 1.33 bits per heavy atom. The summed E-state index contributed by atoms with van der Waals surface area (Å²) in [6.07, 6.45) is 7.65. The van der Waals surface area contributed by atoms with E-state index in [0.717, 1.165) is 18.6 Å². The average Bonchev–Trinajstić information content (AvgIpc) is 2.05. The first-order valence-electron chi connectivity index (χ1n) is 4.88. The lowest BCUT2D eigenvalue weighted by atomic mass is 10.0. The van der Waals surface area contributed by atoms with Gasteiger partial charge in [-0.1, -0.05) is 31.4 Å². The standard InChI is InChI=1S/C11H21N/c1-4-6-7-8-11(12)9-10(3)5-2/h5,12H,4,6-9H2,1-3H3. The molecule has 0 aromatic carbocycles. The summed E-state index contributed by atoms with van der Waals surface area (Å²) in [6, 6.07) is 0. The summed E-state index contributed by atoms with van der Waals surface area (Å²) in [5, 5.41) is 7.66. The SMILES string of the molecule is CC=C(C)CC(=N)CCCCC. The summed E-state index contributed by atoms with van der Waals surface area (Å²) in [6.45, 7) is 6.32. The Kier molecular flexibility index (Phi) is 6.73. The van der Waals surface area contributed by atoms with E-state index in [4.69, 9.17) is 5.41 Å². The van der Waals surface area contributed by atoms with Gasteiger partial charge in [-0.2, -0.15) is 0 Å². The number of rotatable bonds is 6. The van der Waals surface area contributed by atoms with Crippen molar-refractivity contribution in [1.29, 1.82) is 5.41 Å². The molecule has 0 fully saturated rings. The first-order valence-corrected chi connectivity index (χ1v) is 4.88. The van der Waals surface area contributed by atoms with Gasteiger partial charge in [0, 0.05) is 12.1 Å². The molecular weight excluding hydrogens is 146 g/mol. The topological polar surface area (TPSA) is 23.9 Å². The Balaban J connectivity index is 3.47. The molecular formula is C11H21N. The first-order chi connectivity index (χ1) is 5.70. The summed E-state index contributed by atoms with van der Waals surface area (Å²) < 4.78 is 0. The molecule has 0 radical (unpaired) electrons. The Morgan fingerprint density at radius 2 is 2.00 bits per heavy atom. The van der Waals surface area contributed by atoms with Gasteiger partial charge < -0.3 is 5.41 Å². The van der Waals surface area contributed by atoms with Gasteiger partial charge in [-0.15, -0.1) is 0 Å². The van der Waals surface area contributed by atoms with Crippen LogP contribution in [-0.4, -0.2) is 5.71 Å². The van der Waals surface area contributed by atoms with Crippen molar-refractivity contribution < 1.29 is 0 Å². The smallest absolute Gasteiger partial charge is 0.0129 e. The van der Waals surface area contributed by atoms with Crippen LogP contribution in [0, 0.1) is 5.41 Å². The van der Waals surface area contributed by atoms with Crippen LogP contribution in [0.4, 0.5) is 0 Å². The van der Waals surface area contributed by atoms with E-state index in [1.54, 1.807) is 0 Å². The van der Waals surface area contributed by atoms with E-state index in [0.29, 0.717) is 0 Å². The van der Waals surface area contributed by atoms with E-state index >= 15 is 0 Å². The second kappa shape index (κ2) is 7.08. The van der Waals surface area contributed by atoms with Crippen molar-refractivity contribution in [2.75, 3.05) is 0 Å². The van der Waals surface area contributed by atoms with E-state index in [-0.39, 0.29) is 0 Å². The number of nitrogens with one attached hydrogen (secondary N) is 1. The normalized spacial score (nSPS) is 11.8. The van der Waals surface area contributed by atoms with Gasteiger partial charge in [-0.25, -0.2) is 0 Å². The van der Waals surface area contributed by atoms with Gasteiger partial charge in [-0.05, 0) is 26.7 Å². The van der Waals surface area contributed by atoms with Crippen LogP contribution in [0.5, 0.6) is 0 Å². The van der Waals surface area contributed by atoms with Crippen molar-refractivity contribution in [2.45, 2.75) is 52.9 Å². The minimum Gasteiger partial charge on any atom is -0.309 e. The third kappa shape index (κ3) is 6.14. The van der Waals surface area contributed by atoms with E-state index < -0.39 is 0 Å². The molecule has 0 aliphatic rings. The quantitative estimate of drug-likeness (QED) is 0.352. The lowest BCUT2D eigenvalue weighted by Crippen LogP contribution is -1.96. The summed E-state index contributed by atoms with van der Waals surface area (Å²) >= 11 is 0. The van der Waals surface area contributed by atoms with Crippen molar-refractivity contribution in [3.05, 3.63) is 11.6 Å². The first kappa shape index (κ1) is 11.4. The molecule has 0 aliphatic carbocycles.